The molecule has 17 heavy (non-hydrogen) atoms. The molecule has 0 radical (unpaired) electrons. The van der Waals surface area contributed by atoms with Gasteiger partial charge in [-0.15, -0.1) is 0 Å². The van der Waals surface area contributed by atoms with Crippen LogP contribution in [0.3, 0.4) is 0 Å². The average Bonchev–Trinajstić information content (AvgIpc) is 2.35. The van der Waals surface area contributed by atoms with Crippen molar-refractivity contribution < 1.29 is 4.79 Å². The summed E-state index contributed by atoms with van der Waals surface area (Å²) in [5.41, 5.74) is 1.22. The summed E-state index contributed by atoms with van der Waals surface area (Å²) in [4.78, 5) is 14.1. The third kappa shape index (κ3) is 3.07. The van der Waals surface area contributed by atoms with Crippen molar-refractivity contribution in [1.29, 1.82) is 0 Å². The van der Waals surface area contributed by atoms with E-state index in [4.69, 9.17) is 0 Å². The first kappa shape index (κ1) is 12.1. The number of benzene rings is 1. The summed E-state index contributed by atoms with van der Waals surface area (Å²) in [5, 5.41) is 3.27. The highest BCUT2D eigenvalue weighted by atomic mass is 16.2. The van der Waals surface area contributed by atoms with Crippen LogP contribution in [0.25, 0.3) is 0 Å². The van der Waals surface area contributed by atoms with Crippen molar-refractivity contribution in [3.05, 3.63) is 35.9 Å². The first-order chi connectivity index (χ1) is 8.29. The lowest BCUT2D eigenvalue weighted by atomic mass is 10.1. The molecule has 1 fully saturated rings. The largest absolute Gasteiger partial charge is 0.336 e. The maximum atomic E-state index is 12.1. The molecule has 1 aliphatic heterocycles. The smallest absolute Gasteiger partial charge is 0.224 e. The van der Waals surface area contributed by atoms with E-state index in [2.05, 4.69) is 24.4 Å². The van der Waals surface area contributed by atoms with Crippen LogP contribution >= 0.6 is 0 Å². The maximum absolute atomic E-state index is 12.1. The van der Waals surface area contributed by atoms with Gasteiger partial charge < -0.3 is 10.2 Å². The van der Waals surface area contributed by atoms with Gasteiger partial charge in [0.25, 0.3) is 0 Å². The number of carbonyl (C=O) groups excluding carboxylic acids is 1. The standard InChI is InChI=1S/C14H20N2O/c1-12(13-6-3-2-4-7-13)16-11-5-9-15-10-8-14(16)17/h2-4,6-7,12,15H,5,8-11H2,1H3. The first-order valence-corrected chi connectivity index (χ1v) is 6.34. The van der Waals surface area contributed by atoms with E-state index in [1.165, 1.54) is 5.56 Å². The Morgan fingerprint density at radius 2 is 2.00 bits per heavy atom. The summed E-state index contributed by atoms with van der Waals surface area (Å²) in [6, 6.07) is 10.4. The fourth-order valence-corrected chi connectivity index (χ4v) is 2.28. The van der Waals surface area contributed by atoms with E-state index in [1.54, 1.807) is 0 Å². The van der Waals surface area contributed by atoms with Gasteiger partial charge in [-0.1, -0.05) is 30.3 Å². The molecular weight excluding hydrogens is 212 g/mol. The van der Waals surface area contributed by atoms with Crippen LogP contribution in [0, 0.1) is 0 Å². The number of amides is 1. The van der Waals surface area contributed by atoms with Gasteiger partial charge in [0.05, 0.1) is 6.04 Å². The van der Waals surface area contributed by atoms with E-state index in [0.29, 0.717) is 6.42 Å². The summed E-state index contributed by atoms with van der Waals surface area (Å²) < 4.78 is 0. The van der Waals surface area contributed by atoms with Crippen LogP contribution in [0.1, 0.15) is 31.4 Å². The Balaban J connectivity index is 2.10. The monoisotopic (exact) mass is 232 g/mol. The summed E-state index contributed by atoms with van der Waals surface area (Å²) in [6.45, 7) is 4.77. The molecule has 1 aliphatic rings. The molecule has 0 aromatic heterocycles. The first-order valence-electron chi connectivity index (χ1n) is 6.34. The molecule has 1 amide bonds. The normalized spacial score (nSPS) is 19.6. The topological polar surface area (TPSA) is 32.3 Å². The van der Waals surface area contributed by atoms with Crippen molar-refractivity contribution in [2.45, 2.75) is 25.8 Å². The van der Waals surface area contributed by atoms with E-state index in [-0.39, 0.29) is 11.9 Å². The van der Waals surface area contributed by atoms with E-state index in [0.717, 1.165) is 26.1 Å². The maximum Gasteiger partial charge on any atom is 0.224 e. The molecule has 1 heterocycles. The number of nitrogens with one attached hydrogen (secondary N) is 1. The quantitative estimate of drug-likeness (QED) is 0.845. The van der Waals surface area contributed by atoms with Gasteiger partial charge in [0.15, 0.2) is 0 Å². The molecule has 1 saturated heterocycles. The summed E-state index contributed by atoms with van der Waals surface area (Å²) >= 11 is 0. The summed E-state index contributed by atoms with van der Waals surface area (Å²) in [5.74, 6) is 0.258. The molecule has 3 nitrogen and oxygen atoms in total. The number of carbonyl (C=O) groups is 1. The Kier molecular flexibility index (Phi) is 4.15. The van der Waals surface area contributed by atoms with Crippen molar-refractivity contribution in [2.75, 3.05) is 19.6 Å². The van der Waals surface area contributed by atoms with Crippen LogP contribution in [0.4, 0.5) is 0 Å². The zero-order valence-electron chi connectivity index (χ0n) is 10.4. The Labute approximate surface area is 103 Å². The van der Waals surface area contributed by atoms with Gasteiger partial charge in [-0.2, -0.15) is 0 Å². The minimum atomic E-state index is 0.182. The highest BCUT2D eigenvalue weighted by Crippen LogP contribution is 2.21. The van der Waals surface area contributed by atoms with Crippen molar-refractivity contribution in [2.24, 2.45) is 0 Å². The van der Waals surface area contributed by atoms with Crippen LogP contribution in [-0.2, 0) is 4.79 Å². The van der Waals surface area contributed by atoms with E-state index in [9.17, 15) is 4.79 Å². The second kappa shape index (κ2) is 5.82. The fourth-order valence-electron chi connectivity index (χ4n) is 2.28. The lowest BCUT2D eigenvalue weighted by Crippen LogP contribution is -2.39. The lowest BCUT2D eigenvalue weighted by molar-refractivity contribution is -0.133. The molecule has 1 N–H and O–H groups in total. The highest BCUT2D eigenvalue weighted by molar-refractivity contribution is 5.77. The van der Waals surface area contributed by atoms with Crippen molar-refractivity contribution >= 4 is 5.91 Å². The Hall–Kier alpha value is -1.35. The van der Waals surface area contributed by atoms with E-state index >= 15 is 0 Å². The molecule has 2 rings (SSSR count). The minimum Gasteiger partial charge on any atom is -0.336 e. The van der Waals surface area contributed by atoms with Crippen molar-refractivity contribution in [3.8, 4) is 0 Å². The molecular formula is C14H20N2O. The second-order valence-corrected chi connectivity index (χ2v) is 4.53. The molecule has 1 unspecified atom stereocenters. The molecule has 0 bridgehead atoms. The Morgan fingerprint density at radius 1 is 1.24 bits per heavy atom. The third-order valence-corrected chi connectivity index (χ3v) is 3.34. The number of hydrogen-bond acceptors (Lipinski definition) is 2. The highest BCUT2D eigenvalue weighted by Gasteiger charge is 2.21. The number of hydrogen-bond donors (Lipinski definition) is 1. The molecule has 1 atom stereocenters. The molecule has 1 aromatic carbocycles. The van der Waals surface area contributed by atoms with E-state index in [1.807, 2.05) is 23.1 Å². The van der Waals surface area contributed by atoms with Gasteiger partial charge in [-0.05, 0) is 25.5 Å². The zero-order chi connectivity index (χ0) is 12.1. The molecule has 3 heteroatoms. The van der Waals surface area contributed by atoms with Crippen molar-refractivity contribution in [1.82, 2.24) is 10.2 Å². The van der Waals surface area contributed by atoms with Gasteiger partial charge in [-0.25, -0.2) is 0 Å². The van der Waals surface area contributed by atoms with Crippen LogP contribution in [0.5, 0.6) is 0 Å². The van der Waals surface area contributed by atoms with Crippen LogP contribution < -0.4 is 5.32 Å². The van der Waals surface area contributed by atoms with Gasteiger partial charge in [0, 0.05) is 19.5 Å². The van der Waals surface area contributed by atoms with Crippen LogP contribution in [0.15, 0.2) is 30.3 Å². The Morgan fingerprint density at radius 3 is 2.76 bits per heavy atom. The molecule has 0 aliphatic carbocycles. The van der Waals surface area contributed by atoms with Gasteiger partial charge in [-0.3, -0.25) is 4.79 Å². The average molecular weight is 232 g/mol. The minimum absolute atomic E-state index is 0.182. The lowest BCUT2D eigenvalue weighted by Gasteiger charge is -2.31. The fraction of sp³-hybridized carbons (Fsp3) is 0.500. The number of rotatable bonds is 2. The van der Waals surface area contributed by atoms with Gasteiger partial charge in [0.2, 0.25) is 5.91 Å². The van der Waals surface area contributed by atoms with Crippen LogP contribution in [-0.4, -0.2) is 30.4 Å². The molecule has 92 valence electrons. The van der Waals surface area contributed by atoms with Crippen LogP contribution in [0.2, 0.25) is 0 Å². The van der Waals surface area contributed by atoms with E-state index < -0.39 is 0 Å². The summed E-state index contributed by atoms with van der Waals surface area (Å²) in [6.07, 6.45) is 1.64. The summed E-state index contributed by atoms with van der Waals surface area (Å²) in [7, 11) is 0. The second-order valence-electron chi connectivity index (χ2n) is 4.53. The van der Waals surface area contributed by atoms with Crippen molar-refractivity contribution in [3.63, 3.8) is 0 Å². The molecule has 1 aromatic rings. The zero-order valence-corrected chi connectivity index (χ0v) is 10.4. The van der Waals surface area contributed by atoms with Gasteiger partial charge in [0.1, 0.15) is 0 Å². The predicted octanol–water partition coefficient (Wildman–Crippen LogP) is 1.96. The number of nitrogens with zero attached hydrogens (tertiary/aromatic N) is 1. The molecule has 0 spiro atoms. The SMILES string of the molecule is CC(c1ccccc1)N1CCCNCCC1=O. The van der Waals surface area contributed by atoms with Gasteiger partial charge >= 0.3 is 0 Å². The third-order valence-electron chi connectivity index (χ3n) is 3.34. The Bertz CT molecular complexity index is 364. The molecule has 0 saturated carbocycles. The predicted molar refractivity (Wildman–Crippen MR) is 68.7 cm³/mol.